The Bertz CT molecular complexity index is 810. The lowest BCUT2D eigenvalue weighted by molar-refractivity contribution is 0.307. The number of rotatable bonds is 3. The lowest BCUT2D eigenvalue weighted by Gasteiger charge is -2.20. The van der Waals surface area contributed by atoms with Crippen molar-refractivity contribution in [1.29, 1.82) is 0 Å². The zero-order valence-electron chi connectivity index (χ0n) is 13.3. The van der Waals surface area contributed by atoms with Crippen molar-refractivity contribution in [2.45, 2.75) is 18.4 Å². The molecule has 0 N–H and O–H groups in total. The molecule has 0 fully saturated rings. The van der Waals surface area contributed by atoms with E-state index in [-0.39, 0.29) is 5.75 Å². The fraction of sp³-hybridized carbons (Fsp3) is 0.263. The van der Waals surface area contributed by atoms with Crippen LogP contribution in [-0.2, 0) is 16.4 Å². The Kier molecular flexibility index (Phi) is 4.64. The minimum atomic E-state index is -3.17. The van der Waals surface area contributed by atoms with Gasteiger partial charge in [0.2, 0.25) is 0 Å². The van der Waals surface area contributed by atoms with Crippen molar-refractivity contribution in [3.63, 3.8) is 0 Å². The topological polar surface area (TPSA) is 37.4 Å². The number of fused-ring (bicyclic) bond motifs is 1. The third-order valence-corrected chi connectivity index (χ3v) is 5.85. The van der Waals surface area contributed by atoms with E-state index in [1.54, 1.807) is 12.1 Å². The van der Waals surface area contributed by atoms with Gasteiger partial charge in [0, 0.05) is 19.6 Å². The number of benzene rings is 2. The van der Waals surface area contributed by atoms with Gasteiger partial charge in [0.05, 0.1) is 10.6 Å². The molecule has 1 aliphatic rings. The molecule has 0 radical (unpaired) electrons. The second kappa shape index (κ2) is 6.69. The molecule has 3 rings (SSSR count). The first kappa shape index (κ1) is 16.0. The van der Waals surface area contributed by atoms with Gasteiger partial charge >= 0.3 is 0 Å². The van der Waals surface area contributed by atoms with Crippen molar-refractivity contribution in [2.75, 3.05) is 18.8 Å². The van der Waals surface area contributed by atoms with Crippen LogP contribution in [-0.4, -0.2) is 32.2 Å². The highest BCUT2D eigenvalue weighted by Gasteiger charge is 2.24. The summed E-state index contributed by atoms with van der Waals surface area (Å²) in [6.07, 6.45) is 2.16. The van der Waals surface area contributed by atoms with Crippen LogP contribution in [0.1, 0.15) is 18.1 Å². The van der Waals surface area contributed by atoms with Crippen molar-refractivity contribution in [3.8, 4) is 0 Å². The van der Waals surface area contributed by atoms with E-state index in [0.717, 1.165) is 12.1 Å². The summed E-state index contributed by atoms with van der Waals surface area (Å²) in [5.41, 5.74) is 3.30. The SMILES string of the molecule is CC(=Cc1ccccc1)CN1CCS(=O)(=O)c2ccccc2C1. The van der Waals surface area contributed by atoms with E-state index in [2.05, 4.69) is 30.0 Å². The smallest absolute Gasteiger partial charge is 0.179 e. The van der Waals surface area contributed by atoms with Crippen molar-refractivity contribution >= 4 is 15.9 Å². The minimum absolute atomic E-state index is 0.183. The average molecular weight is 327 g/mol. The monoisotopic (exact) mass is 327 g/mol. The van der Waals surface area contributed by atoms with Crippen LogP contribution in [0.2, 0.25) is 0 Å². The molecule has 23 heavy (non-hydrogen) atoms. The molecule has 3 nitrogen and oxygen atoms in total. The largest absolute Gasteiger partial charge is 0.294 e. The van der Waals surface area contributed by atoms with E-state index in [9.17, 15) is 8.42 Å². The zero-order valence-corrected chi connectivity index (χ0v) is 14.1. The van der Waals surface area contributed by atoms with E-state index in [1.165, 1.54) is 11.1 Å². The molecule has 0 saturated heterocycles. The Hall–Kier alpha value is -1.91. The summed E-state index contributed by atoms with van der Waals surface area (Å²) in [5, 5.41) is 0. The highest BCUT2D eigenvalue weighted by atomic mass is 32.2. The van der Waals surface area contributed by atoms with Crippen molar-refractivity contribution in [1.82, 2.24) is 4.90 Å². The van der Waals surface area contributed by atoms with E-state index >= 15 is 0 Å². The predicted octanol–water partition coefficient (Wildman–Crippen LogP) is 3.38. The van der Waals surface area contributed by atoms with Gasteiger partial charge in [0.1, 0.15) is 0 Å². The van der Waals surface area contributed by atoms with Crippen LogP contribution < -0.4 is 0 Å². The van der Waals surface area contributed by atoms with Crippen LogP contribution in [0.25, 0.3) is 6.08 Å². The molecular weight excluding hydrogens is 306 g/mol. The van der Waals surface area contributed by atoms with Crippen LogP contribution in [0.4, 0.5) is 0 Å². The molecule has 4 heteroatoms. The molecular formula is C19H21NO2S. The number of nitrogens with zero attached hydrogens (tertiary/aromatic N) is 1. The Balaban J connectivity index is 1.79. The first-order valence-electron chi connectivity index (χ1n) is 7.80. The molecule has 1 aliphatic heterocycles. The van der Waals surface area contributed by atoms with Gasteiger partial charge in [-0.15, -0.1) is 0 Å². The van der Waals surface area contributed by atoms with Crippen LogP contribution in [0, 0.1) is 0 Å². The van der Waals surface area contributed by atoms with Gasteiger partial charge in [0.25, 0.3) is 0 Å². The highest BCUT2D eigenvalue weighted by molar-refractivity contribution is 7.91. The third kappa shape index (κ3) is 3.89. The summed E-state index contributed by atoms with van der Waals surface area (Å²) < 4.78 is 24.7. The van der Waals surface area contributed by atoms with Gasteiger partial charge in [-0.2, -0.15) is 0 Å². The summed E-state index contributed by atoms with van der Waals surface area (Å²) in [6.45, 7) is 4.11. The van der Waals surface area contributed by atoms with Crippen LogP contribution in [0.5, 0.6) is 0 Å². The molecule has 2 aromatic rings. The number of hydrogen-bond donors (Lipinski definition) is 0. The summed E-state index contributed by atoms with van der Waals surface area (Å²) >= 11 is 0. The maximum Gasteiger partial charge on any atom is 0.179 e. The van der Waals surface area contributed by atoms with Gasteiger partial charge in [-0.25, -0.2) is 8.42 Å². The Morgan fingerprint density at radius 3 is 2.57 bits per heavy atom. The lowest BCUT2D eigenvalue weighted by atomic mass is 10.1. The summed E-state index contributed by atoms with van der Waals surface area (Å²) in [4.78, 5) is 2.70. The average Bonchev–Trinajstić information content (AvgIpc) is 2.65. The summed E-state index contributed by atoms with van der Waals surface area (Å²) in [5.74, 6) is 0.183. The molecule has 0 saturated carbocycles. The normalized spacial score (nSPS) is 18.2. The van der Waals surface area contributed by atoms with E-state index in [4.69, 9.17) is 0 Å². The third-order valence-electron chi connectivity index (χ3n) is 4.06. The molecule has 0 amide bonds. The second-order valence-electron chi connectivity index (χ2n) is 6.04. The van der Waals surface area contributed by atoms with Gasteiger partial charge in [-0.1, -0.05) is 60.2 Å². The maximum atomic E-state index is 12.4. The van der Waals surface area contributed by atoms with Gasteiger partial charge in [0.15, 0.2) is 9.84 Å². The van der Waals surface area contributed by atoms with E-state index in [0.29, 0.717) is 18.0 Å². The Morgan fingerprint density at radius 1 is 1.09 bits per heavy atom. The quantitative estimate of drug-likeness (QED) is 0.867. The van der Waals surface area contributed by atoms with E-state index < -0.39 is 9.84 Å². The lowest BCUT2D eigenvalue weighted by Crippen LogP contribution is -2.27. The van der Waals surface area contributed by atoms with Gasteiger partial charge in [-0.3, -0.25) is 4.90 Å². The van der Waals surface area contributed by atoms with Crippen LogP contribution in [0.3, 0.4) is 0 Å². The second-order valence-corrected chi connectivity index (χ2v) is 8.12. The van der Waals surface area contributed by atoms with Crippen LogP contribution in [0.15, 0.2) is 65.1 Å². The standard InChI is InChI=1S/C19H21NO2S/c1-16(13-17-7-3-2-4-8-17)14-20-11-12-23(21,22)19-10-6-5-9-18(19)15-20/h2-10,13H,11-12,14-15H2,1H3. The van der Waals surface area contributed by atoms with Crippen molar-refractivity contribution < 1.29 is 8.42 Å². The predicted molar refractivity (Wildman–Crippen MR) is 93.9 cm³/mol. The molecule has 0 aliphatic carbocycles. The summed E-state index contributed by atoms with van der Waals surface area (Å²) in [6, 6.07) is 17.5. The summed E-state index contributed by atoms with van der Waals surface area (Å²) in [7, 11) is -3.17. The highest BCUT2D eigenvalue weighted by Crippen LogP contribution is 2.23. The molecule has 0 bridgehead atoms. The fourth-order valence-electron chi connectivity index (χ4n) is 2.98. The van der Waals surface area contributed by atoms with Gasteiger partial charge < -0.3 is 0 Å². The molecule has 0 unspecified atom stereocenters. The minimum Gasteiger partial charge on any atom is -0.294 e. The molecule has 0 atom stereocenters. The van der Waals surface area contributed by atoms with Crippen molar-refractivity contribution in [2.24, 2.45) is 0 Å². The molecule has 2 aromatic carbocycles. The Morgan fingerprint density at radius 2 is 1.78 bits per heavy atom. The molecule has 0 aromatic heterocycles. The van der Waals surface area contributed by atoms with E-state index in [1.807, 2.05) is 30.3 Å². The molecule has 1 heterocycles. The zero-order chi connectivity index (χ0) is 16.3. The van der Waals surface area contributed by atoms with Crippen LogP contribution >= 0.6 is 0 Å². The molecule has 0 spiro atoms. The number of sulfone groups is 1. The first-order chi connectivity index (χ1) is 11.0. The molecule has 120 valence electrons. The maximum absolute atomic E-state index is 12.4. The Labute approximate surface area is 138 Å². The first-order valence-corrected chi connectivity index (χ1v) is 9.45. The fourth-order valence-corrected chi connectivity index (χ4v) is 4.52. The van der Waals surface area contributed by atoms with Gasteiger partial charge in [-0.05, 0) is 24.1 Å². The number of hydrogen-bond acceptors (Lipinski definition) is 3. The van der Waals surface area contributed by atoms with Crippen molar-refractivity contribution in [3.05, 3.63) is 71.3 Å².